The SMILES string of the molecule is CCOc1ccccc1OC1CC(O)C12CCCC2. The van der Waals surface area contributed by atoms with Crippen LogP contribution < -0.4 is 9.47 Å². The Hall–Kier alpha value is -1.22. The summed E-state index contributed by atoms with van der Waals surface area (Å²) in [5.74, 6) is 1.62. The third-order valence-corrected chi connectivity index (χ3v) is 4.69. The van der Waals surface area contributed by atoms with Crippen molar-refractivity contribution in [2.45, 2.75) is 51.2 Å². The van der Waals surface area contributed by atoms with Crippen LogP contribution in [0.5, 0.6) is 11.5 Å². The molecule has 2 atom stereocenters. The Morgan fingerprint density at radius 3 is 2.53 bits per heavy atom. The van der Waals surface area contributed by atoms with Crippen LogP contribution in [-0.4, -0.2) is 23.9 Å². The minimum atomic E-state index is -0.181. The minimum absolute atomic E-state index is 0.0132. The van der Waals surface area contributed by atoms with E-state index in [1.165, 1.54) is 12.8 Å². The van der Waals surface area contributed by atoms with E-state index >= 15 is 0 Å². The van der Waals surface area contributed by atoms with E-state index < -0.39 is 0 Å². The number of aliphatic hydroxyl groups is 1. The lowest BCUT2D eigenvalue weighted by Crippen LogP contribution is -2.58. The van der Waals surface area contributed by atoms with Gasteiger partial charge in [-0.15, -0.1) is 0 Å². The predicted octanol–water partition coefficient (Wildman–Crippen LogP) is 3.16. The summed E-state index contributed by atoms with van der Waals surface area (Å²) < 4.78 is 11.8. The van der Waals surface area contributed by atoms with Gasteiger partial charge in [-0.3, -0.25) is 0 Å². The van der Waals surface area contributed by atoms with Crippen LogP contribution in [0.15, 0.2) is 24.3 Å². The maximum Gasteiger partial charge on any atom is 0.161 e. The average molecular weight is 262 g/mol. The smallest absolute Gasteiger partial charge is 0.161 e. The Labute approximate surface area is 114 Å². The first-order valence-corrected chi connectivity index (χ1v) is 7.33. The molecule has 104 valence electrons. The molecule has 0 bridgehead atoms. The molecule has 2 aliphatic carbocycles. The topological polar surface area (TPSA) is 38.7 Å². The zero-order valence-corrected chi connectivity index (χ0v) is 11.5. The molecule has 2 fully saturated rings. The predicted molar refractivity (Wildman–Crippen MR) is 73.6 cm³/mol. The van der Waals surface area contributed by atoms with Gasteiger partial charge < -0.3 is 14.6 Å². The maximum absolute atomic E-state index is 10.1. The van der Waals surface area contributed by atoms with Gasteiger partial charge in [-0.2, -0.15) is 0 Å². The van der Waals surface area contributed by atoms with Gasteiger partial charge in [-0.05, 0) is 31.9 Å². The van der Waals surface area contributed by atoms with Crippen molar-refractivity contribution in [3.8, 4) is 11.5 Å². The van der Waals surface area contributed by atoms with Crippen molar-refractivity contribution in [3.63, 3.8) is 0 Å². The van der Waals surface area contributed by atoms with E-state index in [1.54, 1.807) is 0 Å². The number of hydrogen-bond acceptors (Lipinski definition) is 3. The first-order valence-electron chi connectivity index (χ1n) is 7.33. The van der Waals surface area contributed by atoms with Gasteiger partial charge in [0.15, 0.2) is 11.5 Å². The lowest BCUT2D eigenvalue weighted by Gasteiger charge is -2.51. The average Bonchev–Trinajstić information content (AvgIpc) is 2.93. The Morgan fingerprint density at radius 2 is 1.89 bits per heavy atom. The second-order valence-electron chi connectivity index (χ2n) is 5.68. The van der Waals surface area contributed by atoms with E-state index in [9.17, 15) is 5.11 Å². The van der Waals surface area contributed by atoms with Crippen LogP contribution in [0.1, 0.15) is 39.0 Å². The normalized spacial score (nSPS) is 28.1. The summed E-state index contributed by atoms with van der Waals surface area (Å²) in [5, 5.41) is 10.1. The largest absolute Gasteiger partial charge is 0.490 e. The molecule has 3 rings (SSSR count). The highest BCUT2D eigenvalue weighted by molar-refractivity contribution is 5.40. The first-order chi connectivity index (χ1) is 9.26. The van der Waals surface area contributed by atoms with Crippen LogP contribution in [0, 0.1) is 5.41 Å². The van der Waals surface area contributed by atoms with Crippen molar-refractivity contribution in [1.29, 1.82) is 0 Å². The monoisotopic (exact) mass is 262 g/mol. The molecule has 3 nitrogen and oxygen atoms in total. The Balaban J connectivity index is 1.75. The highest BCUT2D eigenvalue weighted by Gasteiger charge is 2.57. The molecule has 0 saturated heterocycles. The number of ether oxygens (including phenoxy) is 2. The van der Waals surface area contributed by atoms with E-state index in [4.69, 9.17) is 9.47 Å². The zero-order valence-electron chi connectivity index (χ0n) is 11.5. The van der Waals surface area contributed by atoms with Crippen LogP contribution >= 0.6 is 0 Å². The molecule has 1 aromatic rings. The summed E-state index contributed by atoms with van der Waals surface area (Å²) in [6.45, 7) is 2.61. The molecule has 19 heavy (non-hydrogen) atoms. The molecule has 1 aromatic carbocycles. The standard InChI is InChI=1S/C16H22O3/c1-2-18-12-7-3-4-8-13(12)19-15-11-14(17)16(15)9-5-6-10-16/h3-4,7-8,14-15,17H,2,5-6,9-11H2,1H3. The molecule has 0 radical (unpaired) electrons. The molecule has 0 amide bonds. The van der Waals surface area contributed by atoms with Gasteiger partial charge in [0, 0.05) is 11.8 Å². The number of rotatable bonds is 4. The molecule has 0 aliphatic heterocycles. The van der Waals surface area contributed by atoms with E-state index in [0.29, 0.717) is 6.61 Å². The van der Waals surface area contributed by atoms with Gasteiger partial charge in [0.1, 0.15) is 6.10 Å². The van der Waals surface area contributed by atoms with Gasteiger partial charge in [0.25, 0.3) is 0 Å². The van der Waals surface area contributed by atoms with Crippen molar-refractivity contribution < 1.29 is 14.6 Å². The second-order valence-corrected chi connectivity index (χ2v) is 5.68. The van der Waals surface area contributed by atoms with Crippen molar-refractivity contribution in [2.24, 2.45) is 5.41 Å². The molecule has 2 saturated carbocycles. The van der Waals surface area contributed by atoms with Crippen LogP contribution in [0.2, 0.25) is 0 Å². The molecular weight excluding hydrogens is 240 g/mol. The number of aliphatic hydroxyl groups excluding tert-OH is 1. The van der Waals surface area contributed by atoms with Crippen molar-refractivity contribution in [2.75, 3.05) is 6.61 Å². The first kappa shape index (κ1) is 12.8. The molecular formula is C16H22O3. The third kappa shape index (κ3) is 2.10. The fourth-order valence-electron chi connectivity index (χ4n) is 3.56. The van der Waals surface area contributed by atoms with Gasteiger partial charge in [-0.1, -0.05) is 25.0 Å². The molecule has 2 unspecified atom stereocenters. The summed E-state index contributed by atoms with van der Waals surface area (Å²) in [7, 11) is 0. The number of benzene rings is 1. The minimum Gasteiger partial charge on any atom is -0.490 e. The number of hydrogen-bond donors (Lipinski definition) is 1. The summed E-state index contributed by atoms with van der Waals surface area (Å²) >= 11 is 0. The Kier molecular flexibility index (Phi) is 3.40. The van der Waals surface area contributed by atoms with Crippen LogP contribution in [-0.2, 0) is 0 Å². The van der Waals surface area contributed by atoms with Crippen LogP contribution in [0.25, 0.3) is 0 Å². The molecule has 0 heterocycles. The Morgan fingerprint density at radius 1 is 1.21 bits per heavy atom. The Bertz CT molecular complexity index is 437. The fraction of sp³-hybridized carbons (Fsp3) is 0.625. The van der Waals surface area contributed by atoms with E-state index in [1.807, 2.05) is 31.2 Å². The molecule has 3 heteroatoms. The zero-order chi connectivity index (χ0) is 13.3. The lowest BCUT2D eigenvalue weighted by atomic mass is 9.62. The number of para-hydroxylation sites is 2. The summed E-state index contributed by atoms with van der Waals surface area (Å²) in [4.78, 5) is 0. The molecule has 1 N–H and O–H groups in total. The quantitative estimate of drug-likeness (QED) is 0.906. The summed E-state index contributed by atoms with van der Waals surface area (Å²) in [5.41, 5.74) is 0.0132. The van der Waals surface area contributed by atoms with E-state index in [0.717, 1.165) is 30.8 Å². The molecule has 1 spiro atoms. The molecule has 0 aromatic heterocycles. The van der Waals surface area contributed by atoms with Crippen molar-refractivity contribution in [3.05, 3.63) is 24.3 Å². The van der Waals surface area contributed by atoms with Gasteiger partial charge in [0.2, 0.25) is 0 Å². The molecule has 2 aliphatic rings. The fourth-order valence-corrected chi connectivity index (χ4v) is 3.56. The van der Waals surface area contributed by atoms with Gasteiger partial charge in [-0.25, -0.2) is 0 Å². The van der Waals surface area contributed by atoms with Crippen LogP contribution in [0.4, 0.5) is 0 Å². The van der Waals surface area contributed by atoms with Crippen molar-refractivity contribution in [1.82, 2.24) is 0 Å². The van der Waals surface area contributed by atoms with Crippen molar-refractivity contribution >= 4 is 0 Å². The van der Waals surface area contributed by atoms with E-state index in [2.05, 4.69) is 0 Å². The highest BCUT2D eigenvalue weighted by atomic mass is 16.5. The van der Waals surface area contributed by atoms with Gasteiger partial charge >= 0.3 is 0 Å². The summed E-state index contributed by atoms with van der Waals surface area (Å²) in [6.07, 6.45) is 5.32. The second kappa shape index (κ2) is 5.04. The summed E-state index contributed by atoms with van der Waals surface area (Å²) in [6, 6.07) is 7.82. The lowest BCUT2D eigenvalue weighted by molar-refractivity contribution is -0.152. The highest BCUT2D eigenvalue weighted by Crippen LogP contribution is 2.55. The van der Waals surface area contributed by atoms with Crippen LogP contribution in [0.3, 0.4) is 0 Å². The van der Waals surface area contributed by atoms with E-state index in [-0.39, 0.29) is 17.6 Å². The maximum atomic E-state index is 10.1. The van der Waals surface area contributed by atoms with Gasteiger partial charge in [0.05, 0.1) is 12.7 Å². The third-order valence-electron chi connectivity index (χ3n) is 4.69.